The van der Waals surface area contributed by atoms with Gasteiger partial charge in [-0.2, -0.15) is 14.9 Å². The SMILES string of the molecule is CC(C)(C)OC(=O)n1cc(C(=O)Nc2cc(-c3cccc4[nH]ccc34)cc3[nH]ncc23)c(C2CC2)n1. The molecule has 0 aliphatic heterocycles. The van der Waals surface area contributed by atoms with Gasteiger partial charge in [0.2, 0.25) is 0 Å². The molecule has 2 aromatic carbocycles. The van der Waals surface area contributed by atoms with Gasteiger partial charge in [0, 0.05) is 28.4 Å². The highest BCUT2D eigenvalue weighted by Gasteiger charge is 2.33. The number of rotatable bonds is 4. The summed E-state index contributed by atoms with van der Waals surface area (Å²) >= 11 is 0. The van der Waals surface area contributed by atoms with Crippen LogP contribution < -0.4 is 5.32 Å². The van der Waals surface area contributed by atoms with E-state index in [2.05, 4.69) is 31.7 Å². The Morgan fingerprint density at radius 1 is 1.11 bits per heavy atom. The fourth-order valence-electron chi connectivity index (χ4n) is 4.46. The van der Waals surface area contributed by atoms with Crippen molar-refractivity contribution in [1.29, 1.82) is 0 Å². The smallest absolute Gasteiger partial charge is 0.435 e. The Morgan fingerprint density at radius 2 is 1.94 bits per heavy atom. The maximum absolute atomic E-state index is 13.5. The number of nitrogens with one attached hydrogen (secondary N) is 3. The van der Waals surface area contributed by atoms with Crippen LogP contribution in [0.4, 0.5) is 10.5 Å². The normalized spacial score (nSPS) is 13.9. The number of carbonyl (C=O) groups is 2. The lowest BCUT2D eigenvalue weighted by molar-refractivity contribution is 0.0514. The standard InChI is InChI=1S/C27H26N6O3/c1-27(2,3)36-26(35)33-14-20(24(32-33)15-7-8-15)25(34)30-22-11-16(12-23-19(22)13-29-31-23)17-5-4-6-21-18(17)9-10-28-21/h4-6,9-15,28H,7-8H2,1-3H3,(H,29,31)(H,30,34). The van der Waals surface area contributed by atoms with E-state index in [1.165, 1.54) is 6.20 Å². The van der Waals surface area contributed by atoms with E-state index in [-0.39, 0.29) is 11.8 Å². The van der Waals surface area contributed by atoms with Gasteiger partial charge in [-0.05, 0) is 69.0 Å². The van der Waals surface area contributed by atoms with Crippen LogP contribution in [0.5, 0.6) is 0 Å². The van der Waals surface area contributed by atoms with E-state index in [0.717, 1.165) is 50.5 Å². The zero-order valence-electron chi connectivity index (χ0n) is 20.3. The molecule has 1 fully saturated rings. The molecule has 3 N–H and O–H groups in total. The first kappa shape index (κ1) is 22.1. The van der Waals surface area contributed by atoms with Crippen molar-refractivity contribution < 1.29 is 14.3 Å². The molecule has 1 amide bonds. The van der Waals surface area contributed by atoms with Crippen molar-refractivity contribution in [2.45, 2.75) is 45.1 Å². The summed E-state index contributed by atoms with van der Waals surface area (Å²) < 4.78 is 6.57. The van der Waals surface area contributed by atoms with Crippen LogP contribution in [0.3, 0.4) is 0 Å². The van der Waals surface area contributed by atoms with Gasteiger partial charge in [0.05, 0.1) is 34.9 Å². The monoisotopic (exact) mass is 482 g/mol. The molecule has 1 aliphatic carbocycles. The van der Waals surface area contributed by atoms with Crippen LogP contribution in [0.25, 0.3) is 32.9 Å². The number of hydrogen-bond donors (Lipinski definition) is 3. The Kier molecular flexibility index (Phi) is 4.96. The molecule has 1 aliphatic rings. The van der Waals surface area contributed by atoms with E-state index in [4.69, 9.17) is 4.74 Å². The van der Waals surface area contributed by atoms with Gasteiger partial charge >= 0.3 is 6.09 Å². The number of nitrogens with zero attached hydrogens (tertiary/aromatic N) is 3. The second kappa shape index (κ2) is 8.08. The third-order valence-corrected chi connectivity index (χ3v) is 6.24. The Hall–Kier alpha value is -4.40. The number of benzene rings is 2. The number of hydrogen-bond acceptors (Lipinski definition) is 5. The molecule has 0 radical (unpaired) electrons. The summed E-state index contributed by atoms with van der Waals surface area (Å²) in [7, 11) is 0. The lowest BCUT2D eigenvalue weighted by Crippen LogP contribution is -2.27. The average Bonchev–Trinajstić information content (AvgIpc) is 3.23. The highest BCUT2D eigenvalue weighted by Crippen LogP contribution is 2.41. The van der Waals surface area contributed by atoms with Crippen molar-refractivity contribution in [2.75, 3.05) is 5.32 Å². The summed E-state index contributed by atoms with van der Waals surface area (Å²) in [6.07, 6.45) is 6.34. The van der Waals surface area contributed by atoms with Gasteiger partial charge in [-0.25, -0.2) is 4.79 Å². The van der Waals surface area contributed by atoms with E-state index in [9.17, 15) is 9.59 Å². The van der Waals surface area contributed by atoms with E-state index < -0.39 is 11.7 Å². The summed E-state index contributed by atoms with van der Waals surface area (Å²) in [6, 6.07) is 12.1. The minimum absolute atomic E-state index is 0.168. The number of carbonyl (C=O) groups excluding carboxylic acids is 2. The first-order chi connectivity index (χ1) is 17.3. The summed E-state index contributed by atoms with van der Waals surface area (Å²) in [5.41, 5.74) is 4.78. The molecule has 9 nitrogen and oxygen atoms in total. The molecular weight excluding hydrogens is 456 g/mol. The summed E-state index contributed by atoms with van der Waals surface area (Å²) in [4.78, 5) is 29.4. The Balaban J connectivity index is 1.38. The molecule has 0 bridgehead atoms. The van der Waals surface area contributed by atoms with Crippen molar-refractivity contribution in [3.05, 3.63) is 66.2 Å². The highest BCUT2D eigenvalue weighted by atomic mass is 16.6. The second-order valence-corrected chi connectivity index (χ2v) is 10.2. The van der Waals surface area contributed by atoms with Gasteiger partial charge in [-0.3, -0.25) is 9.89 Å². The van der Waals surface area contributed by atoms with Crippen LogP contribution in [0, 0.1) is 0 Å². The van der Waals surface area contributed by atoms with Crippen molar-refractivity contribution in [1.82, 2.24) is 25.0 Å². The third kappa shape index (κ3) is 4.02. The maximum Gasteiger partial charge on any atom is 0.435 e. The molecule has 3 aromatic heterocycles. The number of aromatic amines is 2. The molecule has 36 heavy (non-hydrogen) atoms. The van der Waals surface area contributed by atoms with Crippen LogP contribution in [0.2, 0.25) is 0 Å². The zero-order chi connectivity index (χ0) is 25.0. The molecule has 1 saturated carbocycles. The molecule has 0 unspecified atom stereocenters. The topological polar surface area (TPSA) is 118 Å². The average molecular weight is 483 g/mol. The van der Waals surface area contributed by atoms with E-state index in [0.29, 0.717) is 16.9 Å². The molecule has 0 saturated heterocycles. The van der Waals surface area contributed by atoms with Crippen LogP contribution >= 0.6 is 0 Å². The molecule has 5 aromatic rings. The van der Waals surface area contributed by atoms with Crippen LogP contribution in [0.1, 0.15) is 55.6 Å². The van der Waals surface area contributed by atoms with E-state index in [1.807, 2.05) is 36.5 Å². The fraction of sp³-hybridized carbons (Fsp3) is 0.259. The van der Waals surface area contributed by atoms with Crippen molar-refractivity contribution >= 4 is 39.5 Å². The predicted octanol–water partition coefficient (Wildman–Crippen LogP) is 5.82. The summed E-state index contributed by atoms with van der Waals surface area (Å²) in [5, 5.41) is 16.6. The number of H-pyrrole nitrogens is 2. The van der Waals surface area contributed by atoms with Gasteiger partial charge in [0.1, 0.15) is 5.60 Å². The summed E-state index contributed by atoms with van der Waals surface area (Å²) in [6.45, 7) is 5.38. The minimum Gasteiger partial charge on any atom is -0.442 e. The third-order valence-electron chi connectivity index (χ3n) is 6.24. The Bertz CT molecular complexity index is 1630. The first-order valence-electron chi connectivity index (χ1n) is 11.9. The Labute approximate surface area is 206 Å². The van der Waals surface area contributed by atoms with Crippen molar-refractivity contribution in [3.8, 4) is 11.1 Å². The highest BCUT2D eigenvalue weighted by molar-refractivity contribution is 6.11. The van der Waals surface area contributed by atoms with Gasteiger partial charge in [0.15, 0.2) is 0 Å². The quantitative estimate of drug-likeness (QED) is 0.298. The minimum atomic E-state index is -0.666. The number of amides is 1. The van der Waals surface area contributed by atoms with Gasteiger partial charge in [-0.15, -0.1) is 0 Å². The van der Waals surface area contributed by atoms with E-state index >= 15 is 0 Å². The molecule has 9 heteroatoms. The van der Waals surface area contributed by atoms with Gasteiger partial charge in [-0.1, -0.05) is 12.1 Å². The van der Waals surface area contributed by atoms with Crippen LogP contribution in [0.15, 0.2) is 55.0 Å². The van der Waals surface area contributed by atoms with Crippen molar-refractivity contribution in [3.63, 3.8) is 0 Å². The number of fused-ring (bicyclic) bond motifs is 2. The lowest BCUT2D eigenvalue weighted by atomic mass is 9.99. The van der Waals surface area contributed by atoms with Gasteiger partial charge in [0.25, 0.3) is 5.91 Å². The van der Waals surface area contributed by atoms with Crippen LogP contribution in [-0.4, -0.2) is 42.6 Å². The van der Waals surface area contributed by atoms with Crippen LogP contribution in [-0.2, 0) is 4.74 Å². The van der Waals surface area contributed by atoms with Crippen molar-refractivity contribution in [2.24, 2.45) is 0 Å². The molecule has 6 rings (SSSR count). The fourth-order valence-corrected chi connectivity index (χ4v) is 4.46. The number of ether oxygens (including phenoxy) is 1. The molecular formula is C27H26N6O3. The lowest BCUT2D eigenvalue weighted by Gasteiger charge is -2.18. The molecule has 0 atom stereocenters. The van der Waals surface area contributed by atoms with E-state index in [1.54, 1.807) is 27.0 Å². The zero-order valence-corrected chi connectivity index (χ0v) is 20.3. The molecule has 3 heterocycles. The Morgan fingerprint density at radius 3 is 2.72 bits per heavy atom. The maximum atomic E-state index is 13.5. The predicted molar refractivity (Wildman–Crippen MR) is 137 cm³/mol. The largest absolute Gasteiger partial charge is 0.442 e. The second-order valence-electron chi connectivity index (χ2n) is 10.2. The first-order valence-corrected chi connectivity index (χ1v) is 11.9. The van der Waals surface area contributed by atoms with Gasteiger partial charge < -0.3 is 15.0 Å². The number of anilines is 1. The molecule has 0 spiro atoms. The summed E-state index contributed by atoms with van der Waals surface area (Å²) in [5.74, 6) is -0.160. The number of aromatic nitrogens is 5. The molecule has 182 valence electrons.